The first-order valence-corrected chi connectivity index (χ1v) is 9.97. The molecule has 2 aromatic rings. The second kappa shape index (κ2) is 9.34. The number of likely N-dealkylation sites (tertiary alicyclic amines) is 1. The highest BCUT2D eigenvalue weighted by Gasteiger charge is 2.29. The van der Waals surface area contributed by atoms with Crippen LogP contribution in [0.2, 0.25) is 5.02 Å². The maximum absolute atomic E-state index is 5.96. The number of piperidine rings is 1. The van der Waals surface area contributed by atoms with Crippen molar-refractivity contribution in [3.05, 3.63) is 53.1 Å². The molecule has 1 saturated heterocycles. The second-order valence-corrected chi connectivity index (χ2v) is 7.52. The molecule has 5 heteroatoms. The predicted molar refractivity (Wildman–Crippen MR) is 112 cm³/mol. The molecule has 1 fully saturated rings. The topological polar surface area (TPSA) is 33.7 Å². The molecule has 1 N–H and O–H groups in total. The summed E-state index contributed by atoms with van der Waals surface area (Å²) in [5.74, 6) is 1.58. The van der Waals surface area contributed by atoms with Gasteiger partial charge in [-0.25, -0.2) is 0 Å². The van der Waals surface area contributed by atoms with E-state index in [0.717, 1.165) is 35.3 Å². The monoisotopic (exact) mass is 388 g/mol. The zero-order valence-electron chi connectivity index (χ0n) is 16.4. The van der Waals surface area contributed by atoms with Gasteiger partial charge in [0, 0.05) is 35.9 Å². The van der Waals surface area contributed by atoms with Gasteiger partial charge in [0.2, 0.25) is 0 Å². The van der Waals surface area contributed by atoms with Gasteiger partial charge < -0.3 is 14.8 Å². The molecule has 3 rings (SSSR count). The minimum atomic E-state index is 0.403. The first-order valence-electron chi connectivity index (χ1n) is 9.59. The number of methoxy groups -OCH3 is 2. The van der Waals surface area contributed by atoms with Crippen LogP contribution in [-0.2, 0) is 0 Å². The highest BCUT2D eigenvalue weighted by atomic mass is 35.5. The zero-order chi connectivity index (χ0) is 19.2. The Labute approximate surface area is 167 Å². The summed E-state index contributed by atoms with van der Waals surface area (Å²) in [7, 11) is 3.37. The smallest absolute Gasteiger partial charge is 0.161 e. The fourth-order valence-corrected chi connectivity index (χ4v) is 4.06. The summed E-state index contributed by atoms with van der Waals surface area (Å²) in [6.45, 7) is 4.22. The molecule has 1 aliphatic heterocycles. The second-order valence-electron chi connectivity index (χ2n) is 7.08. The Bertz CT molecular complexity index is 736. The quantitative estimate of drug-likeness (QED) is 0.689. The molecule has 0 radical (unpaired) electrons. The molecule has 0 unspecified atom stereocenters. The molecule has 146 valence electrons. The van der Waals surface area contributed by atoms with Crippen LogP contribution in [0.1, 0.15) is 37.8 Å². The van der Waals surface area contributed by atoms with Crippen molar-refractivity contribution in [2.24, 2.45) is 0 Å². The van der Waals surface area contributed by atoms with Gasteiger partial charge in [-0.1, -0.05) is 24.1 Å². The Kier molecular flexibility index (Phi) is 6.86. The van der Waals surface area contributed by atoms with Crippen molar-refractivity contribution in [3.8, 4) is 11.5 Å². The van der Waals surface area contributed by atoms with Crippen molar-refractivity contribution < 1.29 is 9.47 Å². The van der Waals surface area contributed by atoms with Crippen molar-refractivity contribution >= 4 is 17.3 Å². The van der Waals surface area contributed by atoms with E-state index >= 15 is 0 Å². The van der Waals surface area contributed by atoms with Gasteiger partial charge in [-0.2, -0.15) is 0 Å². The van der Waals surface area contributed by atoms with Crippen molar-refractivity contribution in [2.75, 3.05) is 32.6 Å². The maximum atomic E-state index is 5.96. The number of halogens is 1. The van der Waals surface area contributed by atoms with E-state index in [4.69, 9.17) is 21.1 Å². The van der Waals surface area contributed by atoms with Crippen LogP contribution < -0.4 is 14.8 Å². The van der Waals surface area contributed by atoms with Gasteiger partial charge in [0.15, 0.2) is 11.5 Å². The number of ether oxygens (including phenoxy) is 2. The van der Waals surface area contributed by atoms with E-state index in [0.29, 0.717) is 12.1 Å². The molecule has 4 nitrogen and oxygen atoms in total. The summed E-state index contributed by atoms with van der Waals surface area (Å²) < 4.78 is 10.9. The fourth-order valence-electron chi connectivity index (χ4n) is 3.94. The van der Waals surface area contributed by atoms with Gasteiger partial charge in [0.1, 0.15) is 0 Å². The molecule has 0 aliphatic carbocycles. The van der Waals surface area contributed by atoms with Crippen LogP contribution in [0.5, 0.6) is 11.5 Å². The Morgan fingerprint density at radius 2 is 1.78 bits per heavy atom. The van der Waals surface area contributed by atoms with Crippen LogP contribution >= 0.6 is 11.6 Å². The maximum Gasteiger partial charge on any atom is 0.161 e. The predicted octanol–water partition coefficient (Wildman–Crippen LogP) is 5.38. The molecule has 0 saturated carbocycles. The van der Waals surface area contributed by atoms with Crippen LogP contribution in [0.15, 0.2) is 42.5 Å². The lowest BCUT2D eigenvalue weighted by Gasteiger charge is -2.41. The molecule has 1 heterocycles. The van der Waals surface area contributed by atoms with Gasteiger partial charge in [0.05, 0.1) is 14.2 Å². The van der Waals surface area contributed by atoms with E-state index in [2.05, 4.69) is 29.3 Å². The molecule has 2 atom stereocenters. The van der Waals surface area contributed by atoms with Crippen LogP contribution in [0.3, 0.4) is 0 Å². The van der Waals surface area contributed by atoms with E-state index in [1.54, 1.807) is 14.2 Å². The largest absolute Gasteiger partial charge is 0.493 e. The number of hydrogen-bond donors (Lipinski definition) is 1. The molecule has 0 spiro atoms. The Hall–Kier alpha value is -1.91. The van der Waals surface area contributed by atoms with Crippen molar-refractivity contribution in [1.82, 2.24) is 4.90 Å². The molecule has 1 aliphatic rings. The molecule has 27 heavy (non-hydrogen) atoms. The third kappa shape index (κ3) is 4.88. The average molecular weight is 389 g/mol. The third-order valence-electron chi connectivity index (χ3n) is 5.40. The van der Waals surface area contributed by atoms with E-state index in [9.17, 15) is 0 Å². The van der Waals surface area contributed by atoms with Crippen LogP contribution in [0.25, 0.3) is 0 Å². The minimum Gasteiger partial charge on any atom is -0.493 e. The highest BCUT2D eigenvalue weighted by molar-refractivity contribution is 6.30. The summed E-state index contributed by atoms with van der Waals surface area (Å²) in [6.07, 6.45) is 3.66. The SMILES string of the molecule is COc1ccc([C@@H]2CCC[C@H](C)N2CCNc2ccc(Cl)cc2)cc1OC. The fraction of sp³-hybridized carbons (Fsp3) is 0.455. The standard InChI is InChI=1S/C22H29ClN2O2/c1-16-5-4-6-20(17-7-12-21(26-2)22(15-17)27-3)25(16)14-13-24-19-10-8-18(23)9-11-19/h7-12,15-16,20,24H,4-6,13-14H2,1-3H3/t16-,20-/m0/s1. The molecular weight excluding hydrogens is 360 g/mol. The molecule has 0 bridgehead atoms. The average Bonchev–Trinajstić information content (AvgIpc) is 2.70. The number of rotatable bonds is 7. The summed E-state index contributed by atoms with van der Waals surface area (Å²) in [5.41, 5.74) is 2.40. The van der Waals surface area contributed by atoms with Gasteiger partial charge >= 0.3 is 0 Å². The summed E-state index contributed by atoms with van der Waals surface area (Å²) >= 11 is 5.96. The molecule has 0 amide bonds. The number of anilines is 1. The highest BCUT2D eigenvalue weighted by Crippen LogP contribution is 2.38. The van der Waals surface area contributed by atoms with Crippen LogP contribution in [0, 0.1) is 0 Å². The number of nitrogens with zero attached hydrogens (tertiary/aromatic N) is 1. The summed E-state index contributed by atoms with van der Waals surface area (Å²) in [4.78, 5) is 2.60. The lowest BCUT2D eigenvalue weighted by Crippen LogP contribution is -2.42. The Morgan fingerprint density at radius 1 is 1.04 bits per heavy atom. The lowest BCUT2D eigenvalue weighted by atomic mass is 9.91. The first-order chi connectivity index (χ1) is 13.1. The van der Waals surface area contributed by atoms with Crippen LogP contribution in [0.4, 0.5) is 5.69 Å². The van der Waals surface area contributed by atoms with Crippen molar-refractivity contribution in [2.45, 2.75) is 38.3 Å². The van der Waals surface area contributed by atoms with Crippen molar-refractivity contribution in [3.63, 3.8) is 0 Å². The molecular formula is C22H29ClN2O2. The minimum absolute atomic E-state index is 0.403. The van der Waals surface area contributed by atoms with Crippen molar-refractivity contribution in [1.29, 1.82) is 0 Å². The number of nitrogens with one attached hydrogen (secondary N) is 1. The van der Waals surface area contributed by atoms with Gasteiger partial charge in [-0.05, 0) is 61.7 Å². The molecule has 0 aromatic heterocycles. The zero-order valence-corrected chi connectivity index (χ0v) is 17.1. The number of benzene rings is 2. The Morgan fingerprint density at radius 3 is 2.48 bits per heavy atom. The van der Waals surface area contributed by atoms with Gasteiger partial charge in [-0.3, -0.25) is 4.90 Å². The van der Waals surface area contributed by atoms with Crippen LogP contribution in [-0.4, -0.2) is 38.3 Å². The molecule has 2 aromatic carbocycles. The summed E-state index contributed by atoms with van der Waals surface area (Å²) in [5, 5.41) is 4.27. The first kappa shape index (κ1) is 19.8. The van der Waals surface area contributed by atoms with E-state index < -0.39 is 0 Å². The normalized spacial score (nSPS) is 20.3. The lowest BCUT2D eigenvalue weighted by molar-refractivity contribution is 0.0975. The number of hydrogen-bond acceptors (Lipinski definition) is 4. The third-order valence-corrected chi connectivity index (χ3v) is 5.65. The van der Waals surface area contributed by atoms with E-state index in [-0.39, 0.29) is 0 Å². The van der Waals surface area contributed by atoms with E-state index in [1.165, 1.54) is 24.8 Å². The van der Waals surface area contributed by atoms with Gasteiger partial charge in [-0.15, -0.1) is 0 Å². The van der Waals surface area contributed by atoms with E-state index in [1.807, 2.05) is 30.3 Å². The summed E-state index contributed by atoms with van der Waals surface area (Å²) in [6, 6.07) is 15.1. The Balaban J connectivity index is 1.70. The van der Waals surface area contributed by atoms with Gasteiger partial charge in [0.25, 0.3) is 0 Å².